The molecule has 0 aliphatic rings. The number of aryl methyl sites for hydroxylation is 3. The van der Waals surface area contributed by atoms with E-state index >= 15 is 0 Å². The Hall–Kier alpha value is -2.60. The molecule has 0 saturated heterocycles. The quantitative estimate of drug-likeness (QED) is 0.626. The topological polar surface area (TPSA) is 84.3 Å². The molecule has 0 spiro atoms. The van der Waals surface area contributed by atoms with Crippen molar-refractivity contribution in [1.29, 1.82) is 0 Å². The van der Waals surface area contributed by atoms with Crippen molar-refractivity contribution in [2.75, 3.05) is 17.2 Å². The maximum atomic E-state index is 12.1. The lowest BCUT2D eigenvalue weighted by Gasteiger charge is -2.11. The summed E-state index contributed by atoms with van der Waals surface area (Å²) in [6, 6.07) is 8.50. The lowest BCUT2D eigenvalue weighted by Crippen LogP contribution is -2.22. The van der Waals surface area contributed by atoms with E-state index in [-0.39, 0.29) is 17.9 Å². The van der Waals surface area contributed by atoms with Gasteiger partial charge in [0.15, 0.2) is 0 Å². The third kappa shape index (κ3) is 4.23. The molecule has 0 bridgehead atoms. The molecule has 126 valence electrons. The van der Waals surface area contributed by atoms with E-state index in [0.717, 1.165) is 16.7 Å². The van der Waals surface area contributed by atoms with Gasteiger partial charge in [0, 0.05) is 6.07 Å². The van der Waals surface area contributed by atoms with E-state index in [0.29, 0.717) is 10.7 Å². The fraction of sp³-hybridized carbons (Fsp3) is 0.235. The highest BCUT2D eigenvalue weighted by atomic mass is 35.5. The maximum Gasteiger partial charge on any atom is 0.293 e. The lowest BCUT2D eigenvalue weighted by molar-refractivity contribution is -0.384. The van der Waals surface area contributed by atoms with E-state index in [2.05, 4.69) is 10.6 Å². The van der Waals surface area contributed by atoms with Crippen LogP contribution in [0.5, 0.6) is 0 Å². The summed E-state index contributed by atoms with van der Waals surface area (Å²) in [6.07, 6.45) is 0. The average molecular weight is 348 g/mol. The van der Waals surface area contributed by atoms with Crippen LogP contribution in [-0.2, 0) is 4.79 Å². The van der Waals surface area contributed by atoms with Crippen molar-refractivity contribution >= 4 is 34.6 Å². The van der Waals surface area contributed by atoms with E-state index < -0.39 is 10.8 Å². The summed E-state index contributed by atoms with van der Waals surface area (Å²) in [7, 11) is 0. The average Bonchev–Trinajstić information content (AvgIpc) is 2.49. The van der Waals surface area contributed by atoms with Gasteiger partial charge in [-0.3, -0.25) is 14.9 Å². The van der Waals surface area contributed by atoms with E-state index in [1.165, 1.54) is 6.07 Å². The number of hydrogen-bond donors (Lipinski definition) is 2. The summed E-state index contributed by atoms with van der Waals surface area (Å²) in [4.78, 5) is 22.7. The van der Waals surface area contributed by atoms with Crippen molar-refractivity contribution in [2.24, 2.45) is 0 Å². The van der Waals surface area contributed by atoms with Gasteiger partial charge in [0.25, 0.3) is 5.69 Å². The molecule has 0 radical (unpaired) electrons. The van der Waals surface area contributed by atoms with Crippen LogP contribution < -0.4 is 10.6 Å². The van der Waals surface area contributed by atoms with Crippen molar-refractivity contribution in [3.63, 3.8) is 0 Å². The van der Waals surface area contributed by atoms with Crippen LogP contribution >= 0.6 is 11.6 Å². The number of nitro groups is 1. The fourth-order valence-corrected chi connectivity index (χ4v) is 2.49. The molecule has 2 rings (SSSR count). The largest absolute Gasteiger partial charge is 0.375 e. The third-order valence-electron chi connectivity index (χ3n) is 3.65. The number of carbonyl (C=O) groups is 1. The van der Waals surface area contributed by atoms with Gasteiger partial charge in [-0.05, 0) is 55.7 Å². The van der Waals surface area contributed by atoms with Gasteiger partial charge in [0.1, 0.15) is 5.69 Å². The fourth-order valence-electron chi connectivity index (χ4n) is 2.19. The van der Waals surface area contributed by atoms with Crippen LogP contribution in [0.3, 0.4) is 0 Å². The van der Waals surface area contributed by atoms with Crippen molar-refractivity contribution in [2.45, 2.75) is 20.8 Å². The summed E-state index contributed by atoms with van der Waals surface area (Å²) < 4.78 is 0. The van der Waals surface area contributed by atoms with Crippen LogP contribution in [0.1, 0.15) is 16.7 Å². The van der Waals surface area contributed by atoms with Crippen molar-refractivity contribution in [1.82, 2.24) is 0 Å². The Morgan fingerprint density at radius 1 is 1.12 bits per heavy atom. The number of nitrogens with zero attached hydrogens (tertiary/aromatic N) is 1. The highest BCUT2D eigenvalue weighted by molar-refractivity contribution is 6.33. The van der Waals surface area contributed by atoms with E-state index in [1.54, 1.807) is 25.1 Å². The van der Waals surface area contributed by atoms with Crippen LogP contribution in [0, 0.1) is 30.9 Å². The first kappa shape index (κ1) is 17.7. The van der Waals surface area contributed by atoms with Gasteiger partial charge < -0.3 is 10.6 Å². The second-order valence-corrected chi connectivity index (χ2v) is 6.00. The number of anilines is 2. The zero-order valence-electron chi connectivity index (χ0n) is 13.6. The third-order valence-corrected chi connectivity index (χ3v) is 3.96. The van der Waals surface area contributed by atoms with Gasteiger partial charge in [-0.2, -0.15) is 0 Å². The van der Waals surface area contributed by atoms with Gasteiger partial charge in [0.2, 0.25) is 5.91 Å². The van der Waals surface area contributed by atoms with Gasteiger partial charge in [-0.15, -0.1) is 0 Å². The predicted octanol–water partition coefficient (Wildman–Crippen LogP) is 4.22. The molecule has 1 amide bonds. The summed E-state index contributed by atoms with van der Waals surface area (Å²) in [6.45, 7) is 5.49. The smallest absolute Gasteiger partial charge is 0.293 e. The minimum Gasteiger partial charge on any atom is -0.375 e. The number of nitro benzene ring substituents is 1. The molecule has 2 aromatic rings. The molecule has 6 nitrogen and oxygen atoms in total. The van der Waals surface area contributed by atoms with Gasteiger partial charge in [0.05, 0.1) is 22.2 Å². The lowest BCUT2D eigenvalue weighted by atomic mass is 10.1. The van der Waals surface area contributed by atoms with Crippen LogP contribution in [0.15, 0.2) is 30.3 Å². The number of nitrogens with one attached hydrogen (secondary N) is 2. The highest BCUT2D eigenvalue weighted by Gasteiger charge is 2.17. The molecule has 0 unspecified atom stereocenters. The van der Waals surface area contributed by atoms with Crippen LogP contribution in [0.2, 0.25) is 5.02 Å². The summed E-state index contributed by atoms with van der Waals surface area (Å²) in [5.41, 5.74) is 3.37. The molecular weight excluding hydrogens is 330 g/mol. The molecule has 0 saturated carbocycles. The van der Waals surface area contributed by atoms with E-state index in [1.807, 2.05) is 19.9 Å². The molecule has 0 aliphatic heterocycles. The van der Waals surface area contributed by atoms with Crippen molar-refractivity contribution in [3.05, 3.63) is 62.2 Å². The molecule has 0 heterocycles. The molecule has 0 aromatic heterocycles. The number of benzene rings is 2. The number of rotatable bonds is 5. The van der Waals surface area contributed by atoms with Crippen LogP contribution in [-0.4, -0.2) is 17.4 Å². The monoisotopic (exact) mass is 347 g/mol. The van der Waals surface area contributed by atoms with Gasteiger partial charge in [-0.1, -0.05) is 17.7 Å². The Labute approximate surface area is 145 Å². The normalized spacial score (nSPS) is 10.3. The number of carbonyl (C=O) groups excluding carboxylic acids is 1. The first-order chi connectivity index (χ1) is 11.3. The maximum absolute atomic E-state index is 12.1. The molecule has 0 aliphatic carbocycles. The zero-order valence-corrected chi connectivity index (χ0v) is 14.4. The van der Waals surface area contributed by atoms with Gasteiger partial charge in [-0.25, -0.2) is 0 Å². The molecular formula is C17H18ClN3O3. The minimum atomic E-state index is -0.508. The molecule has 24 heavy (non-hydrogen) atoms. The number of amides is 1. The first-order valence-corrected chi connectivity index (χ1v) is 7.71. The molecule has 0 fully saturated rings. The SMILES string of the molecule is Cc1ccc(NCC(=O)Nc2cc(C)c(C)cc2[N+](=O)[O-])c(Cl)c1. The summed E-state index contributed by atoms with van der Waals surface area (Å²) in [5.74, 6) is -0.391. The number of halogens is 1. The zero-order chi connectivity index (χ0) is 17.9. The standard InChI is InChI=1S/C17H18ClN3O3/c1-10-4-5-14(13(18)6-10)19-9-17(22)20-15-7-11(2)12(3)8-16(15)21(23)24/h4-8,19H,9H2,1-3H3,(H,20,22). The summed E-state index contributed by atoms with van der Waals surface area (Å²) >= 11 is 6.09. The van der Waals surface area contributed by atoms with Crippen LogP contribution in [0.4, 0.5) is 17.1 Å². The first-order valence-electron chi connectivity index (χ1n) is 7.33. The van der Waals surface area contributed by atoms with Crippen LogP contribution in [0.25, 0.3) is 0 Å². The Bertz CT molecular complexity index is 806. The molecule has 2 aromatic carbocycles. The highest BCUT2D eigenvalue weighted by Crippen LogP contribution is 2.28. The number of hydrogen-bond acceptors (Lipinski definition) is 4. The molecule has 0 atom stereocenters. The Kier molecular flexibility index (Phi) is 5.41. The Morgan fingerprint density at radius 2 is 1.79 bits per heavy atom. The van der Waals surface area contributed by atoms with E-state index in [9.17, 15) is 14.9 Å². The van der Waals surface area contributed by atoms with E-state index in [4.69, 9.17) is 11.6 Å². The molecule has 7 heteroatoms. The van der Waals surface area contributed by atoms with Crippen molar-refractivity contribution < 1.29 is 9.72 Å². The Balaban J connectivity index is 2.10. The minimum absolute atomic E-state index is 0.0488. The van der Waals surface area contributed by atoms with Crippen molar-refractivity contribution in [3.8, 4) is 0 Å². The van der Waals surface area contributed by atoms with Gasteiger partial charge >= 0.3 is 0 Å². The molecule has 2 N–H and O–H groups in total. The summed E-state index contributed by atoms with van der Waals surface area (Å²) in [5, 5.41) is 17.2. The Morgan fingerprint density at radius 3 is 2.42 bits per heavy atom. The second kappa shape index (κ2) is 7.31. The predicted molar refractivity (Wildman–Crippen MR) is 95.9 cm³/mol. The second-order valence-electron chi connectivity index (χ2n) is 5.60.